The number of carbonyl (C=O) groups is 1. The third kappa shape index (κ3) is 2.61. The second kappa shape index (κ2) is 6.35. The largest absolute Gasteiger partial charge is 0.396 e. The Labute approximate surface area is 156 Å². The molecule has 2 aliphatic carbocycles. The van der Waals surface area contributed by atoms with Crippen LogP contribution in [0.3, 0.4) is 0 Å². The zero-order chi connectivity index (χ0) is 18.5. The van der Waals surface area contributed by atoms with Crippen molar-refractivity contribution in [2.24, 2.45) is 22.7 Å². The first-order valence-corrected chi connectivity index (χ1v) is 9.97. The molecule has 142 valence electrons. The molecule has 5 atom stereocenters. The fraction of sp³-hybridized carbons (Fsp3) is 0.682. The summed E-state index contributed by atoms with van der Waals surface area (Å²) in [7, 11) is 0. The predicted molar refractivity (Wildman–Crippen MR) is 101 cm³/mol. The maximum atomic E-state index is 12.3. The minimum absolute atomic E-state index is 0.0235. The van der Waals surface area contributed by atoms with Gasteiger partial charge in [-0.05, 0) is 54.4 Å². The minimum Gasteiger partial charge on any atom is -0.396 e. The van der Waals surface area contributed by atoms with Gasteiger partial charge in [-0.3, -0.25) is 4.79 Å². The summed E-state index contributed by atoms with van der Waals surface area (Å²) in [6.45, 7) is 7.39. The number of carbonyl (C=O) groups excluding carboxylic acids is 1. The Hall–Kier alpha value is -1.39. The second-order valence-corrected chi connectivity index (χ2v) is 9.22. The normalized spacial score (nSPS) is 37.4. The van der Waals surface area contributed by atoms with Gasteiger partial charge >= 0.3 is 0 Å². The van der Waals surface area contributed by atoms with Crippen LogP contribution < -0.4 is 5.32 Å². The summed E-state index contributed by atoms with van der Waals surface area (Å²) in [5.41, 5.74) is 2.75. The quantitative estimate of drug-likeness (QED) is 0.868. The van der Waals surface area contributed by atoms with Gasteiger partial charge in [0.05, 0.1) is 12.7 Å². The molecule has 3 fully saturated rings. The van der Waals surface area contributed by atoms with Gasteiger partial charge in [-0.15, -0.1) is 0 Å². The first kappa shape index (κ1) is 18.0. The summed E-state index contributed by atoms with van der Waals surface area (Å²) in [6.07, 6.45) is 3.70. The zero-order valence-electron chi connectivity index (χ0n) is 16.1. The van der Waals surface area contributed by atoms with Crippen molar-refractivity contribution in [3.63, 3.8) is 0 Å². The molecule has 1 saturated heterocycles. The molecule has 2 N–H and O–H groups in total. The molecule has 26 heavy (non-hydrogen) atoms. The van der Waals surface area contributed by atoms with Crippen molar-refractivity contribution in [2.45, 2.75) is 58.6 Å². The van der Waals surface area contributed by atoms with Crippen LogP contribution in [-0.2, 0) is 9.53 Å². The van der Waals surface area contributed by atoms with Gasteiger partial charge < -0.3 is 15.2 Å². The number of nitrogens with one attached hydrogen (secondary N) is 1. The van der Waals surface area contributed by atoms with Gasteiger partial charge in [0.2, 0.25) is 5.91 Å². The van der Waals surface area contributed by atoms with Gasteiger partial charge in [0.1, 0.15) is 0 Å². The van der Waals surface area contributed by atoms with E-state index in [1.807, 2.05) is 0 Å². The highest BCUT2D eigenvalue weighted by Crippen LogP contribution is 2.70. The van der Waals surface area contributed by atoms with Crippen LogP contribution in [0.5, 0.6) is 0 Å². The summed E-state index contributed by atoms with van der Waals surface area (Å²) in [5, 5.41) is 12.5. The molecule has 0 radical (unpaired) electrons. The summed E-state index contributed by atoms with van der Waals surface area (Å²) in [6, 6.07) is 8.90. The molecule has 1 aromatic rings. The molecular weight excluding hydrogens is 326 g/mol. The van der Waals surface area contributed by atoms with Crippen molar-refractivity contribution in [1.82, 2.24) is 5.32 Å². The van der Waals surface area contributed by atoms with Crippen LogP contribution in [-0.4, -0.2) is 30.3 Å². The van der Waals surface area contributed by atoms with Gasteiger partial charge in [-0.25, -0.2) is 0 Å². The van der Waals surface area contributed by atoms with E-state index in [-0.39, 0.29) is 41.9 Å². The van der Waals surface area contributed by atoms with Gasteiger partial charge in [-0.1, -0.05) is 43.7 Å². The summed E-state index contributed by atoms with van der Waals surface area (Å²) in [5.74, 6) is 1.04. The number of benzene rings is 1. The Bertz CT molecular complexity index is 683. The van der Waals surface area contributed by atoms with E-state index < -0.39 is 0 Å². The van der Waals surface area contributed by atoms with Crippen LogP contribution in [0.4, 0.5) is 0 Å². The number of amides is 1. The van der Waals surface area contributed by atoms with Crippen molar-refractivity contribution in [2.75, 3.05) is 13.2 Å². The number of fused-ring (bicyclic) bond motifs is 1. The highest BCUT2D eigenvalue weighted by atomic mass is 16.5. The molecule has 4 rings (SSSR count). The number of ether oxygens (including phenoxy) is 1. The van der Waals surface area contributed by atoms with Crippen molar-refractivity contribution in [1.29, 1.82) is 0 Å². The number of hydrogen-bond acceptors (Lipinski definition) is 3. The molecule has 1 aromatic carbocycles. The highest BCUT2D eigenvalue weighted by Gasteiger charge is 2.68. The molecule has 2 saturated carbocycles. The standard InChI is InChI=1S/C22H31NO3/c1-14-4-6-15(7-5-14)19-17-12-16-13-22(17,9-11-26-19)20(21(16,2)3)23-18(25)8-10-24/h4-7,16-17,19-20,24H,8-13H2,1-3H3,(H,23,25)/t16-,17-,19-,20+,22?/m1/s1. The van der Waals surface area contributed by atoms with Crippen LogP contribution in [0.2, 0.25) is 0 Å². The zero-order valence-corrected chi connectivity index (χ0v) is 16.1. The topological polar surface area (TPSA) is 58.6 Å². The lowest BCUT2D eigenvalue weighted by Crippen LogP contribution is -2.59. The van der Waals surface area contributed by atoms with E-state index >= 15 is 0 Å². The van der Waals surface area contributed by atoms with E-state index in [1.54, 1.807) is 0 Å². The number of rotatable bonds is 4. The van der Waals surface area contributed by atoms with Crippen molar-refractivity contribution in [3.8, 4) is 0 Å². The molecule has 1 unspecified atom stereocenters. The molecular formula is C22H31NO3. The second-order valence-electron chi connectivity index (χ2n) is 9.22. The Morgan fingerprint density at radius 2 is 2.04 bits per heavy atom. The monoisotopic (exact) mass is 357 g/mol. The molecule has 1 aliphatic heterocycles. The van der Waals surface area contributed by atoms with Crippen LogP contribution >= 0.6 is 0 Å². The molecule has 2 bridgehead atoms. The SMILES string of the molecule is Cc1ccc([C@H]2OCCC34C[C@@H](C[C@H]23)C(C)(C)[C@@H]4NC(=O)CCO)cc1. The minimum atomic E-state index is -0.0893. The summed E-state index contributed by atoms with van der Waals surface area (Å²) in [4.78, 5) is 12.3. The number of aliphatic hydroxyl groups excluding tert-OH is 1. The molecule has 1 amide bonds. The molecule has 1 spiro atoms. The van der Waals surface area contributed by atoms with E-state index in [0.717, 1.165) is 13.0 Å². The summed E-state index contributed by atoms with van der Waals surface area (Å²) >= 11 is 0. The molecule has 0 aromatic heterocycles. The fourth-order valence-electron chi connectivity index (χ4n) is 6.21. The maximum Gasteiger partial charge on any atom is 0.222 e. The van der Waals surface area contributed by atoms with Crippen molar-refractivity contribution >= 4 is 5.91 Å². The van der Waals surface area contributed by atoms with Gasteiger partial charge in [-0.2, -0.15) is 0 Å². The average Bonchev–Trinajstić information content (AvgIpc) is 3.09. The molecule has 1 heterocycles. The third-order valence-electron chi connectivity index (χ3n) is 7.55. The first-order chi connectivity index (χ1) is 12.4. The Balaban J connectivity index is 1.66. The lowest BCUT2D eigenvalue weighted by atomic mass is 9.59. The van der Waals surface area contributed by atoms with Crippen molar-refractivity contribution in [3.05, 3.63) is 35.4 Å². The first-order valence-electron chi connectivity index (χ1n) is 9.97. The van der Waals surface area contributed by atoms with Gasteiger partial charge in [0.15, 0.2) is 0 Å². The van der Waals surface area contributed by atoms with Crippen LogP contribution in [0.15, 0.2) is 24.3 Å². The van der Waals surface area contributed by atoms with E-state index in [4.69, 9.17) is 9.84 Å². The Morgan fingerprint density at radius 3 is 2.73 bits per heavy atom. The molecule has 4 heteroatoms. The smallest absolute Gasteiger partial charge is 0.222 e. The van der Waals surface area contributed by atoms with E-state index in [2.05, 4.69) is 50.4 Å². The third-order valence-corrected chi connectivity index (χ3v) is 7.55. The van der Waals surface area contributed by atoms with E-state index in [9.17, 15) is 4.79 Å². The Morgan fingerprint density at radius 1 is 1.31 bits per heavy atom. The predicted octanol–water partition coefficient (Wildman–Crippen LogP) is 3.38. The lowest BCUT2D eigenvalue weighted by molar-refractivity contribution is -0.137. The fourth-order valence-corrected chi connectivity index (χ4v) is 6.21. The number of hydrogen-bond donors (Lipinski definition) is 2. The van der Waals surface area contributed by atoms with E-state index in [0.29, 0.717) is 11.8 Å². The maximum absolute atomic E-state index is 12.3. The van der Waals surface area contributed by atoms with Gasteiger partial charge in [0, 0.05) is 19.1 Å². The summed E-state index contributed by atoms with van der Waals surface area (Å²) < 4.78 is 6.28. The number of aryl methyl sites for hydroxylation is 1. The number of aliphatic hydroxyl groups is 1. The van der Waals surface area contributed by atoms with Crippen LogP contribution in [0.1, 0.15) is 56.8 Å². The Kier molecular flexibility index (Phi) is 4.39. The van der Waals surface area contributed by atoms with Gasteiger partial charge in [0.25, 0.3) is 0 Å². The molecule has 3 aliphatic rings. The van der Waals surface area contributed by atoms with E-state index in [1.165, 1.54) is 24.0 Å². The average molecular weight is 357 g/mol. The van der Waals surface area contributed by atoms with Crippen LogP contribution in [0, 0.1) is 29.6 Å². The lowest BCUT2D eigenvalue weighted by Gasteiger charge is -2.53. The molecule has 4 nitrogen and oxygen atoms in total. The highest BCUT2D eigenvalue weighted by molar-refractivity contribution is 5.76. The van der Waals surface area contributed by atoms with Crippen LogP contribution in [0.25, 0.3) is 0 Å². The van der Waals surface area contributed by atoms with Crippen molar-refractivity contribution < 1.29 is 14.6 Å².